The van der Waals surface area contributed by atoms with E-state index in [4.69, 9.17) is 21.1 Å². The number of amides is 1. The van der Waals surface area contributed by atoms with E-state index in [0.717, 1.165) is 43.8 Å². The fourth-order valence-corrected chi connectivity index (χ4v) is 3.82. The Morgan fingerprint density at radius 3 is 2.93 bits per heavy atom. The van der Waals surface area contributed by atoms with E-state index >= 15 is 0 Å². The lowest BCUT2D eigenvalue weighted by Crippen LogP contribution is -2.36. The highest BCUT2D eigenvalue weighted by molar-refractivity contribution is 6.31. The van der Waals surface area contributed by atoms with E-state index in [9.17, 15) is 4.79 Å². The summed E-state index contributed by atoms with van der Waals surface area (Å²) in [6, 6.07) is 4.01. The van der Waals surface area contributed by atoms with Gasteiger partial charge in [0.1, 0.15) is 0 Å². The fourth-order valence-electron chi connectivity index (χ4n) is 3.61. The summed E-state index contributed by atoms with van der Waals surface area (Å²) in [6.07, 6.45) is 3.78. The van der Waals surface area contributed by atoms with Crippen molar-refractivity contribution in [2.24, 2.45) is 0 Å². The molecule has 1 fully saturated rings. The van der Waals surface area contributed by atoms with E-state index in [1.54, 1.807) is 6.20 Å². The molecule has 1 aromatic carbocycles. The van der Waals surface area contributed by atoms with Gasteiger partial charge in [-0.05, 0) is 44.9 Å². The Labute approximate surface area is 168 Å². The number of aromatic nitrogens is 3. The lowest BCUT2D eigenvalue weighted by molar-refractivity contribution is 0.0938. The van der Waals surface area contributed by atoms with E-state index in [0.29, 0.717) is 16.5 Å². The van der Waals surface area contributed by atoms with Crippen molar-refractivity contribution in [1.29, 1.82) is 0 Å². The van der Waals surface area contributed by atoms with Crippen LogP contribution in [0, 0.1) is 0 Å². The maximum atomic E-state index is 12.1. The van der Waals surface area contributed by atoms with Crippen molar-refractivity contribution in [2.75, 3.05) is 19.9 Å². The second kappa shape index (κ2) is 7.97. The maximum absolute atomic E-state index is 12.1. The molecule has 2 aliphatic rings. The molecular formula is C19H24ClN5O3. The number of hydrogen-bond donors (Lipinski definition) is 1. The Balaban J connectivity index is 1.42. The Bertz CT molecular complexity index is 869. The second-order valence-electron chi connectivity index (χ2n) is 7.54. The van der Waals surface area contributed by atoms with Crippen molar-refractivity contribution in [3.05, 3.63) is 34.6 Å². The van der Waals surface area contributed by atoms with Crippen LogP contribution in [0.15, 0.2) is 18.3 Å². The van der Waals surface area contributed by atoms with Gasteiger partial charge in [0, 0.05) is 30.2 Å². The molecule has 4 rings (SSSR count). The van der Waals surface area contributed by atoms with E-state index in [1.165, 1.54) is 0 Å². The monoisotopic (exact) mass is 405 g/mol. The van der Waals surface area contributed by atoms with Gasteiger partial charge < -0.3 is 14.8 Å². The summed E-state index contributed by atoms with van der Waals surface area (Å²) >= 11 is 6.43. The molecular weight excluding hydrogens is 382 g/mol. The van der Waals surface area contributed by atoms with Gasteiger partial charge in [-0.15, -0.1) is 5.10 Å². The summed E-state index contributed by atoms with van der Waals surface area (Å²) in [5, 5.41) is 11.8. The van der Waals surface area contributed by atoms with Crippen LogP contribution in [-0.4, -0.2) is 51.7 Å². The normalized spacial score (nSPS) is 19.2. The van der Waals surface area contributed by atoms with Gasteiger partial charge in [0.25, 0.3) is 5.91 Å². The van der Waals surface area contributed by atoms with Crippen LogP contribution in [0.5, 0.6) is 11.5 Å². The predicted octanol–water partition coefficient (Wildman–Crippen LogP) is 2.64. The fraction of sp³-hybridized carbons (Fsp3) is 0.526. The van der Waals surface area contributed by atoms with Crippen LogP contribution in [0.1, 0.15) is 48.8 Å². The van der Waals surface area contributed by atoms with Gasteiger partial charge >= 0.3 is 0 Å². The van der Waals surface area contributed by atoms with E-state index in [-0.39, 0.29) is 24.8 Å². The van der Waals surface area contributed by atoms with Crippen molar-refractivity contribution in [3.63, 3.8) is 0 Å². The summed E-state index contributed by atoms with van der Waals surface area (Å²) in [7, 11) is 0. The number of likely N-dealkylation sites (tertiary alicyclic amines) is 1. The Morgan fingerprint density at radius 1 is 1.36 bits per heavy atom. The van der Waals surface area contributed by atoms with Crippen LogP contribution in [0.25, 0.3) is 0 Å². The SMILES string of the molecule is CC(C)NC(=O)c1cn([C@@H]2CCCN(Cc3cc4c(cc3Cl)OCO4)C2)nn1. The van der Waals surface area contributed by atoms with Gasteiger partial charge in [-0.2, -0.15) is 0 Å². The average molecular weight is 406 g/mol. The van der Waals surface area contributed by atoms with Gasteiger partial charge in [-0.1, -0.05) is 16.8 Å². The van der Waals surface area contributed by atoms with Crippen LogP contribution in [0.4, 0.5) is 0 Å². The van der Waals surface area contributed by atoms with Gasteiger partial charge in [0.15, 0.2) is 17.2 Å². The minimum absolute atomic E-state index is 0.0641. The highest BCUT2D eigenvalue weighted by Crippen LogP contribution is 2.37. The zero-order valence-corrected chi connectivity index (χ0v) is 16.8. The minimum atomic E-state index is -0.193. The number of nitrogens with zero attached hydrogens (tertiary/aromatic N) is 4. The van der Waals surface area contributed by atoms with Gasteiger partial charge in [-0.25, -0.2) is 4.68 Å². The summed E-state index contributed by atoms with van der Waals surface area (Å²) in [5.74, 6) is 1.24. The van der Waals surface area contributed by atoms with Crippen LogP contribution in [-0.2, 0) is 6.54 Å². The third-order valence-corrected chi connectivity index (χ3v) is 5.30. The lowest BCUT2D eigenvalue weighted by atomic mass is 10.0. The molecule has 0 bridgehead atoms. The highest BCUT2D eigenvalue weighted by atomic mass is 35.5. The molecule has 1 aromatic heterocycles. The number of carbonyl (C=O) groups is 1. The Morgan fingerprint density at radius 2 is 2.14 bits per heavy atom. The smallest absolute Gasteiger partial charge is 0.273 e. The summed E-state index contributed by atoms with van der Waals surface area (Å²) in [5.41, 5.74) is 1.37. The number of benzene rings is 1. The molecule has 2 aliphatic heterocycles. The summed E-state index contributed by atoms with van der Waals surface area (Å²) in [6.45, 7) is 6.60. The first kappa shape index (κ1) is 19.0. The number of ether oxygens (including phenoxy) is 2. The quantitative estimate of drug-likeness (QED) is 0.823. The zero-order valence-electron chi connectivity index (χ0n) is 16.0. The largest absolute Gasteiger partial charge is 0.454 e. The number of rotatable bonds is 5. The van der Waals surface area contributed by atoms with Crippen molar-refractivity contribution < 1.29 is 14.3 Å². The highest BCUT2D eigenvalue weighted by Gasteiger charge is 2.25. The molecule has 9 heteroatoms. The predicted molar refractivity (Wildman–Crippen MR) is 104 cm³/mol. The van der Waals surface area contributed by atoms with Crippen LogP contribution in [0.2, 0.25) is 5.02 Å². The second-order valence-corrected chi connectivity index (χ2v) is 7.95. The van der Waals surface area contributed by atoms with Crippen molar-refractivity contribution in [2.45, 2.75) is 45.3 Å². The number of fused-ring (bicyclic) bond motifs is 1. The molecule has 8 nitrogen and oxygen atoms in total. The molecule has 1 N–H and O–H groups in total. The number of nitrogens with one attached hydrogen (secondary N) is 1. The first-order valence-electron chi connectivity index (χ1n) is 9.52. The lowest BCUT2D eigenvalue weighted by Gasteiger charge is -2.32. The zero-order chi connectivity index (χ0) is 19.7. The summed E-state index contributed by atoms with van der Waals surface area (Å²) < 4.78 is 12.6. The van der Waals surface area contributed by atoms with Crippen molar-refractivity contribution >= 4 is 17.5 Å². The first-order valence-corrected chi connectivity index (χ1v) is 9.90. The van der Waals surface area contributed by atoms with Crippen molar-refractivity contribution in [1.82, 2.24) is 25.2 Å². The van der Waals surface area contributed by atoms with E-state index < -0.39 is 0 Å². The molecule has 1 atom stereocenters. The number of hydrogen-bond acceptors (Lipinski definition) is 6. The molecule has 0 unspecified atom stereocenters. The molecule has 28 heavy (non-hydrogen) atoms. The molecule has 150 valence electrons. The van der Waals surface area contributed by atoms with E-state index in [1.807, 2.05) is 30.7 Å². The Kier molecular flexibility index (Phi) is 5.41. The van der Waals surface area contributed by atoms with Gasteiger partial charge in [0.05, 0.1) is 12.2 Å². The topological polar surface area (TPSA) is 81.5 Å². The first-order chi connectivity index (χ1) is 13.5. The van der Waals surface area contributed by atoms with Gasteiger partial charge in [-0.3, -0.25) is 9.69 Å². The molecule has 2 aromatic rings. The van der Waals surface area contributed by atoms with Gasteiger partial charge in [0.2, 0.25) is 6.79 Å². The molecule has 1 saturated heterocycles. The third-order valence-electron chi connectivity index (χ3n) is 4.95. The van der Waals surface area contributed by atoms with Crippen LogP contribution in [0.3, 0.4) is 0 Å². The number of halogens is 1. The standard InChI is InChI=1S/C19H24ClN5O3/c1-12(2)21-19(26)16-10-25(23-22-16)14-4-3-5-24(9-14)8-13-6-17-18(7-15(13)20)28-11-27-17/h6-7,10,12,14H,3-5,8-9,11H2,1-2H3,(H,21,26)/t14-/m1/s1. The van der Waals surface area contributed by atoms with Crippen LogP contribution < -0.4 is 14.8 Å². The number of carbonyl (C=O) groups excluding carboxylic acids is 1. The van der Waals surface area contributed by atoms with Crippen LogP contribution >= 0.6 is 11.6 Å². The molecule has 1 amide bonds. The molecule has 3 heterocycles. The van der Waals surface area contributed by atoms with E-state index in [2.05, 4.69) is 20.5 Å². The summed E-state index contributed by atoms with van der Waals surface area (Å²) in [4.78, 5) is 14.5. The molecule has 0 saturated carbocycles. The van der Waals surface area contributed by atoms with Crippen molar-refractivity contribution in [3.8, 4) is 11.5 Å². The Hall–Kier alpha value is -2.32. The maximum Gasteiger partial charge on any atom is 0.273 e. The molecule has 0 aliphatic carbocycles. The molecule has 0 spiro atoms. The molecule has 0 radical (unpaired) electrons. The third kappa shape index (κ3) is 4.07. The average Bonchev–Trinajstić information content (AvgIpc) is 3.31. The minimum Gasteiger partial charge on any atom is -0.454 e. The number of piperidine rings is 1.